The first-order chi connectivity index (χ1) is 14.5. The fourth-order valence-corrected chi connectivity index (χ4v) is 2.96. The standard InChI is InChI=1S/C22H22N2O6/c1-2-29-21(27)14-30-18-5-3-4-17(12-18)23-22(28)16-8-6-15(7-9-16)13-24-19(25)10-11-20(24)26/h3-9,12H,2,10-11,13-14H2,1H3,(H,23,28). The molecule has 1 N–H and O–H groups in total. The van der Waals surface area contributed by atoms with Gasteiger partial charge in [-0.2, -0.15) is 0 Å². The first-order valence-corrected chi connectivity index (χ1v) is 9.58. The van der Waals surface area contributed by atoms with Gasteiger partial charge in [0.05, 0.1) is 13.2 Å². The normalized spacial score (nSPS) is 13.3. The third-order valence-corrected chi connectivity index (χ3v) is 4.47. The van der Waals surface area contributed by atoms with E-state index >= 15 is 0 Å². The van der Waals surface area contributed by atoms with Crippen molar-refractivity contribution >= 4 is 29.4 Å². The van der Waals surface area contributed by atoms with Crippen molar-refractivity contribution in [2.45, 2.75) is 26.3 Å². The van der Waals surface area contributed by atoms with Gasteiger partial charge in [-0.05, 0) is 36.8 Å². The molecule has 1 saturated heterocycles. The van der Waals surface area contributed by atoms with Crippen molar-refractivity contribution in [2.75, 3.05) is 18.5 Å². The molecule has 8 heteroatoms. The second-order valence-electron chi connectivity index (χ2n) is 6.65. The van der Waals surface area contributed by atoms with Crippen LogP contribution in [0.2, 0.25) is 0 Å². The molecule has 1 fully saturated rings. The van der Waals surface area contributed by atoms with Crippen molar-refractivity contribution in [1.29, 1.82) is 0 Å². The summed E-state index contributed by atoms with van der Waals surface area (Å²) in [5.74, 6) is -0.711. The number of ether oxygens (including phenoxy) is 2. The van der Waals surface area contributed by atoms with Gasteiger partial charge in [0.15, 0.2) is 6.61 Å². The van der Waals surface area contributed by atoms with Crippen LogP contribution < -0.4 is 10.1 Å². The summed E-state index contributed by atoms with van der Waals surface area (Å²) in [4.78, 5) is 48.5. The summed E-state index contributed by atoms with van der Waals surface area (Å²) in [5, 5.41) is 2.76. The van der Waals surface area contributed by atoms with Gasteiger partial charge in [0.1, 0.15) is 5.75 Å². The highest BCUT2D eigenvalue weighted by molar-refractivity contribution is 6.04. The van der Waals surface area contributed by atoms with E-state index in [0.717, 1.165) is 5.56 Å². The molecule has 156 valence electrons. The molecule has 0 atom stereocenters. The highest BCUT2D eigenvalue weighted by atomic mass is 16.6. The molecular formula is C22H22N2O6. The number of carbonyl (C=O) groups excluding carboxylic acids is 4. The maximum absolute atomic E-state index is 12.5. The summed E-state index contributed by atoms with van der Waals surface area (Å²) in [6, 6.07) is 13.4. The molecule has 0 saturated carbocycles. The Bertz CT molecular complexity index is 938. The van der Waals surface area contributed by atoms with Gasteiger partial charge in [-0.15, -0.1) is 0 Å². The number of imide groups is 1. The van der Waals surface area contributed by atoms with E-state index in [1.807, 2.05) is 0 Å². The Kier molecular flexibility index (Phi) is 6.79. The van der Waals surface area contributed by atoms with Crippen molar-refractivity contribution in [3.8, 4) is 5.75 Å². The average molecular weight is 410 g/mol. The van der Waals surface area contributed by atoms with Gasteiger partial charge < -0.3 is 14.8 Å². The maximum atomic E-state index is 12.5. The number of rotatable bonds is 8. The molecule has 3 amide bonds. The van der Waals surface area contributed by atoms with Crippen molar-refractivity contribution in [1.82, 2.24) is 4.90 Å². The van der Waals surface area contributed by atoms with Crippen molar-refractivity contribution < 1.29 is 28.7 Å². The van der Waals surface area contributed by atoms with Crippen LogP contribution in [0, 0.1) is 0 Å². The molecule has 1 aliphatic rings. The Labute approximate surface area is 173 Å². The minimum atomic E-state index is -0.468. The Morgan fingerprint density at radius 2 is 1.73 bits per heavy atom. The SMILES string of the molecule is CCOC(=O)COc1cccc(NC(=O)c2ccc(CN3C(=O)CCC3=O)cc2)c1. The minimum Gasteiger partial charge on any atom is -0.482 e. The number of amides is 3. The van der Waals surface area contributed by atoms with E-state index < -0.39 is 5.97 Å². The van der Waals surface area contributed by atoms with Crippen LogP contribution in [0.5, 0.6) is 5.75 Å². The van der Waals surface area contributed by atoms with Gasteiger partial charge in [-0.25, -0.2) is 4.79 Å². The molecule has 1 heterocycles. The Hall–Kier alpha value is -3.68. The third kappa shape index (κ3) is 5.44. The monoisotopic (exact) mass is 410 g/mol. The van der Waals surface area contributed by atoms with E-state index in [0.29, 0.717) is 17.0 Å². The van der Waals surface area contributed by atoms with Gasteiger partial charge in [0.2, 0.25) is 11.8 Å². The van der Waals surface area contributed by atoms with Crippen LogP contribution in [0.15, 0.2) is 48.5 Å². The number of nitrogens with one attached hydrogen (secondary N) is 1. The highest BCUT2D eigenvalue weighted by Gasteiger charge is 2.28. The number of anilines is 1. The van der Waals surface area contributed by atoms with Crippen molar-refractivity contribution in [2.24, 2.45) is 0 Å². The average Bonchev–Trinajstić information content (AvgIpc) is 3.05. The van der Waals surface area contributed by atoms with E-state index in [1.54, 1.807) is 55.5 Å². The molecule has 8 nitrogen and oxygen atoms in total. The minimum absolute atomic E-state index is 0.174. The van der Waals surface area contributed by atoms with Gasteiger partial charge >= 0.3 is 5.97 Å². The predicted octanol–water partition coefficient (Wildman–Crippen LogP) is 2.53. The summed E-state index contributed by atoms with van der Waals surface area (Å²) >= 11 is 0. The smallest absolute Gasteiger partial charge is 0.344 e. The number of esters is 1. The molecule has 0 bridgehead atoms. The quantitative estimate of drug-likeness (QED) is 0.530. The molecule has 0 aromatic heterocycles. The molecule has 3 rings (SSSR count). The van der Waals surface area contributed by atoms with Gasteiger partial charge in [-0.3, -0.25) is 19.3 Å². The summed E-state index contributed by atoms with van der Waals surface area (Å²) in [5.41, 5.74) is 1.71. The summed E-state index contributed by atoms with van der Waals surface area (Å²) in [6.45, 7) is 1.99. The van der Waals surface area contributed by atoms with Crippen molar-refractivity contribution in [3.63, 3.8) is 0 Å². The molecule has 0 aliphatic carbocycles. The largest absolute Gasteiger partial charge is 0.482 e. The van der Waals surface area contributed by atoms with E-state index in [9.17, 15) is 19.2 Å². The Morgan fingerprint density at radius 3 is 2.40 bits per heavy atom. The van der Waals surface area contributed by atoms with Crippen LogP contribution in [-0.4, -0.2) is 41.8 Å². The van der Waals surface area contributed by atoms with E-state index in [2.05, 4.69) is 5.32 Å². The first kappa shape index (κ1) is 21.0. The molecule has 30 heavy (non-hydrogen) atoms. The number of likely N-dealkylation sites (tertiary alicyclic amines) is 1. The van der Waals surface area contributed by atoms with E-state index in [1.165, 1.54) is 4.90 Å². The number of benzene rings is 2. The first-order valence-electron chi connectivity index (χ1n) is 9.58. The molecule has 1 aliphatic heterocycles. The second kappa shape index (κ2) is 9.69. The zero-order chi connectivity index (χ0) is 21.5. The lowest BCUT2D eigenvalue weighted by molar-refractivity contribution is -0.145. The molecular weight excluding hydrogens is 388 g/mol. The van der Waals surface area contributed by atoms with Crippen LogP contribution in [0.3, 0.4) is 0 Å². The molecule has 0 radical (unpaired) electrons. The second-order valence-corrected chi connectivity index (χ2v) is 6.65. The lowest BCUT2D eigenvalue weighted by atomic mass is 10.1. The molecule has 0 spiro atoms. The van der Waals surface area contributed by atoms with E-state index in [4.69, 9.17) is 9.47 Å². The van der Waals surface area contributed by atoms with Crippen molar-refractivity contribution in [3.05, 3.63) is 59.7 Å². The number of nitrogens with zero attached hydrogens (tertiary/aromatic N) is 1. The molecule has 2 aromatic carbocycles. The van der Waals surface area contributed by atoms with Crippen LogP contribution in [0.4, 0.5) is 5.69 Å². The molecule has 2 aromatic rings. The lowest BCUT2D eigenvalue weighted by Crippen LogP contribution is -2.28. The highest BCUT2D eigenvalue weighted by Crippen LogP contribution is 2.19. The third-order valence-electron chi connectivity index (χ3n) is 4.47. The summed E-state index contributed by atoms with van der Waals surface area (Å²) in [6.07, 6.45) is 0.504. The zero-order valence-corrected chi connectivity index (χ0v) is 16.6. The maximum Gasteiger partial charge on any atom is 0.344 e. The fourth-order valence-electron chi connectivity index (χ4n) is 2.96. The molecule has 0 unspecified atom stereocenters. The lowest BCUT2D eigenvalue weighted by Gasteiger charge is -2.14. The number of hydrogen-bond donors (Lipinski definition) is 1. The zero-order valence-electron chi connectivity index (χ0n) is 16.6. The number of carbonyl (C=O) groups is 4. The van der Waals surface area contributed by atoms with E-state index in [-0.39, 0.29) is 50.3 Å². The van der Waals surface area contributed by atoms with Crippen LogP contribution in [0.1, 0.15) is 35.7 Å². The Balaban J connectivity index is 1.58. The summed E-state index contributed by atoms with van der Waals surface area (Å²) < 4.78 is 10.2. The Morgan fingerprint density at radius 1 is 1.03 bits per heavy atom. The van der Waals surface area contributed by atoms with Gasteiger partial charge in [0, 0.05) is 30.2 Å². The predicted molar refractivity (Wildman–Crippen MR) is 108 cm³/mol. The topological polar surface area (TPSA) is 102 Å². The fraction of sp³-hybridized carbons (Fsp3) is 0.273. The van der Waals surface area contributed by atoms with Crippen LogP contribution in [0.25, 0.3) is 0 Å². The van der Waals surface area contributed by atoms with Gasteiger partial charge in [-0.1, -0.05) is 18.2 Å². The van der Waals surface area contributed by atoms with Crippen LogP contribution in [-0.2, 0) is 25.7 Å². The summed E-state index contributed by atoms with van der Waals surface area (Å²) in [7, 11) is 0. The van der Waals surface area contributed by atoms with Gasteiger partial charge in [0.25, 0.3) is 5.91 Å². The number of hydrogen-bond acceptors (Lipinski definition) is 6. The van der Waals surface area contributed by atoms with Crippen LogP contribution >= 0.6 is 0 Å².